The highest BCUT2D eigenvalue weighted by atomic mass is 127. The average molecular weight is 479 g/mol. The van der Waals surface area contributed by atoms with Gasteiger partial charge in [-0.05, 0) is 65.9 Å². The summed E-state index contributed by atoms with van der Waals surface area (Å²) in [4.78, 5) is 24.2. The molecule has 0 fully saturated rings. The van der Waals surface area contributed by atoms with Crippen molar-refractivity contribution in [2.24, 2.45) is 5.10 Å². The molecule has 0 radical (unpaired) electrons. The van der Waals surface area contributed by atoms with Gasteiger partial charge in [0.15, 0.2) is 11.5 Å². The number of amides is 2. The summed E-state index contributed by atoms with van der Waals surface area (Å²) in [6.45, 7) is 2.68. The van der Waals surface area contributed by atoms with Crippen LogP contribution in [-0.4, -0.2) is 30.7 Å². The molecule has 27 heavy (non-hydrogen) atoms. The fourth-order valence-corrected chi connectivity index (χ4v) is 2.77. The molecular weight excluding hydrogens is 461 g/mol. The van der Waals surface area contributed by atoms with Crippen LogP contribution in [0.25, 0.3) is 0 Å². The van der Waals surface area contributed by atoms with Crippen LogP contribution < -0.4 is 20.2 Å². The molecule has 2 aromatic carbocycles. The SMILES string of the molecule is C/C(CC(=O)Nc1ccc2c(c1)OCCO2)=N/NC(=O)c1ccc(I)cc1. The lowest BCUT2D eigenvalue weighted by molar-refractivity contribution is -0.115. The summed E-state index contributed by atoms with van der Waals surface area (Å²) in [5.74, 6) is 0.707. The molecular formula is C19H18IN3O4. The number of hydrogen-bond acceptors (Lipinski definition) is 5. The Balaban J connectivity index is 1.53. The predicted octanol–water partition coefficient (Wildman–Crippen LogP) is 3.20. The summed E-state index contributed by atoms with van der Waals surface area (Å²) >= 11 is 2.17. The van der Waals surface area contributed by atoms with Gasteiger partial charge in [0.1, 0.15) is 13.2 Å². The van der Waals surface area contributed by atoms with Crippen molar-refractivity contribution in [3.8, 4) is 11.5 Å². The van der Waals surface area contributed by atoms with Gasteiger partial charge in [-0.15, -0.1) is 0 Å². The van der Waals surface area contributed by atoms with Crippen LogP contribution in [0.15, 0.2) is 47.6 Å². The highest BCUT2D eigenvalue weighted by molar-refractivity contribution is 14.1. The molecule has 2 amide bonds. The zero-order chi connectivity index (χ0) is 19.2. The minimum absolute atomic E-state index is 0.0570. The van der Waals surface area contributed by atoms with Crippen molar-refractivity contribution in [3.05, 3.63) is 51.6 Å². The number of halogens is 1. The van der Waals surface area contributed by atoms with E-state index in [2.05, 4.69) is 38.4 Å². The summed E-state index contributed by atoms with van der Waals surface area (Å²) < 4.78 is 12.0. The Hall–Kier alpha value is -2.62. The molecule has 3 rings (SSSR count). The number of carbonyl (C=O) groups excluding carboxylic acids is 2. The second-order valence-electron chi connectivity index (χ2n) is 5.88. The first-order valence-corrected chi connectivity index (χ1v) is 9.38. The lowest BCUT2D eigenvalue weighted by Gasteiger charge is -2.19. The van der Waals surface area contributed by atoms with Gasteiger partial charge >= 0.3 is 0 Å². The number of nitrogens with one attached hydrogen (secondary N) is 2. The summed E-state index contributed by atoms with van der Waals surface area (Å²) in [7, 11) is 0. The van der Waals surface area contributed by atoms with Gasteiger partial charge in [0.2, 0.25) is 5.91 Å². The second-order valence-corrected chi connectivity index (χ2v) is 7.12. The Bertz CT molecular complexity index is 881. The molecule has 0 bridgehead atoms. The molecule has 1 heterocycles. The Morgan fingerprint density at radius 1 is 1.07 bits per heavy atom. The Morgan fingerprint density at radius 3 is 2.52 bits per heavy atom. The van der Waals surface area contributed by atoms with Gasteiger partial charge in [0.05, 0.1) is 6.42 Å². The Kier molecular flexibility index (Phi) is 6.28. The molecule has 1 aliphatic heterocycles. The zero-order valence-electron chi connectivity index (χ0n) is 14.6. The number of nitrogens with zero attached hydrogens (tertiary/aromatic N) is 1. The van der Waals surface area contributed by atoms with E-state index in [1.165, 1.54) is 0 Å². The van der Waals surface area contributed by atoms with E-state index < -0.39 is 0 Å². The van der Waals surface area contributed by atoms with Gasteiger partial charge in [-0.25, -0.2) is 5.43 Å². The quantitative estimate of drug-likeness (QED) is 0.392. The highest BCUT2D eigenvalue weighted by Gasteiger charge is 2.13. The van der Waals surface area contributed by atoms with E-state index in [-0.39, 0.29) is 18.2 Å². The molecule has 0 aromatic heterocycles. The van der Waals surface area contributed by atoms with E-state index in [9.17, 15) is 9.59 Å². The molecule has 0 unspecified atom stereocenters. The van der Waals surface area contributed by atoms with E-state index in [1.807, 2.05) is 12.1 Å². The van der Waals surface area contributed by atoms with E-state index in [0.29, 0.717) is 41.7 Å². The van der Waals surface area contributed by atoms with E-state index in [0.717, 1.165) is 3.57 Å². The largest absolute Gasteiger partial charge is 0.486 e. The fraction of sp³-hybridized carbons (Fsp3) is 0.211. The van der Waals surface area contributed by atoms with Crippen molar-refractivity contribution >= 4 is 45.8 Å². The maximum absolute atomic E-state index is 12.2. The van der Waals surface area contributed by atoms with Crippen molar-refractivity contribution in [1.29, 1.82) is 0 Å². The second kappa shape index (κ2) is 8.85. The fourth-order valence-electron chi connectivity index (χ4n) is 2.41. The van der Waals surface area contributed by atoms with Gasteiger partial charge in [-0.3, -0.25) is 9.59 Å². The normalized spacial score (nSPS) is 13.0. The third-order valence-corrected chi connectivity index (χ3v) is 4.42. The van der Waals surface area contributed by atoms with Crippen molar-refractivity contribution in [2.75, 3.05) is 18.5 Å². The first-order valence-electron chi connectivity index (χ1n) is 8.30. The first-order chi connectivity index (χ1) is 13.0. The summed E-state index contributed by atoms with van der Waals surface area (Å²) in [5.41, 5.74) is 4.07. The number of carbonyl (C=O) groups is 2. The first kappa shape index (κ1) is 19.2. The molecule has 0 saturated heterocycles. The number of hydrazone groups is 1. The summed E-state index contributed by atoms with van der Waals surface area (Å²) in [5, 5.41) is 6.76. The van der Waals surface area contributed by atoms with Gasteiger partial charge in [0.25, 0.3) is 5.91 Å². The van der Waals surface area contributed by atoms with E-state index in [1.54, 1.807) is 37.3 Å². The molecule has 2 N–H and O–H groups in total. The molecule has 8 heteroatoms. The van der Waals surface area contributed by atoms with Gasteiger partial charge in [-0.2, -0.15) is 5.10 Å². The number of fused-ring (bicyclic) bond motifs is 1. The van der Waals surface area contributed by atoms with Crippen LogP contribution in [-0.2, 0) is 4.79 Å². The molecule has 7 nitrogen and oxygen atoms in total. The molecule has 0 aliphatic carbocycles. The van der Waals surface area contributed by atoms with Crippen molar-refractivity contribution in [1.82, 2.24) is 5.43 Å². The number of anilines is 1. The van der Waals surface area contributed by atoms with Crippen LogP contribution in [0.2, 0.25) is 0 Å². The minimum atomic E-state index is -0.321. The third-order valence-electron chi connectivity index (χ3n) is 3.70. The third kappa shape index (κ3) is 5.43. The number of rotatable bonds is 5. The molecule has 0 saturated carbocycles. The van der Waals surface area contributed by atoms with Gasteiger partial charge in [0, 0.05) is 26.6 Å². The van der Waals surface area contributed by atoms with Crippen LogP contribution in [0.4, 0.5) is 5.69 Å². The number of benzene rings is 2. The van der Waals surface area contributed by atoms with Crippen LogP contribution in [0.3, 0.4) is 0 Å². The monoisotopic (exact) mass is 479 g/mol. The van der Waals surface area contributed by atoms with E-state index in [4.69, 9.17) is 9.47 Å². The van der Waals surface area contributed by atoms with Crippen molar-refractivity contribution in [2.45, 2.75) is 13.3 Å². The standard InChI is InChI=1S/C19H18IN3O4/c1-12(22-23-19(25)13-2-4-14(20)5-3-13)10-18(24)21-15-6-7-16-17(11-15)27-9-8-26-16/h2-7,11H,8-10H2,1H3,(H,21,24)(H,23,25)/b22-12-. The van der Waals surface area contributed by atoms with Crippen LogP contribution in [0.5, 0.6) is 11.5 Å². The maximum Gasteiger partial charge on any atom is 0.271 e. The average Bonchev–Trinajstić information content (AvgIpc) is 2.66. The smallest absolute Gasteiger partial charge is 0.271 e. The maximum atomic E-state index is 12.2. The molecule has 0 spiro atoms. The topological polar surface area (TPSA) is 89.0 Å². The van der Waals surface area contributed by atoms with Gasteiger partial charge in [-0.1, -0.05) is 0 Å². The minimum Gasteiger partial charge on any atom is -0.486 e. The van der Waals surface area contributed by atoms with Crippen LogP contribution in [0.1, 0.15) is 23.7 Å². The summed E-state index contributed by atoms with van der Waals surface area (Å²) in [6.07, 6.45) is 0.0570. The van der Waals surface area contributed by atoms with Gasteiger partial charge < -0.3 is 14.8 Å². The zero-order valence-corrected chi connectivity index (χ0v) is 16.8. The summed E-state index contributed by atoms with van der Waals surface area (Å²) in [6, 6.07) is 12.3. The molecule has 1 aliphatic rings. The van der Waals surface area contributed by atoms with Crippen molar-refractivity contribution < 1.29 is 19.1 Å². The van der Waals surface area contributed by atoms with Crippen molar-refractivity contribution in [3.63, 3.8) is 0 Å². The lowest BCUT2D eigenvalue weighted by Crippen LogP contribution is -2.21. The van der Waals surface area contributed by atoms with Crippen LogP contribution in [0, 0.1) is 3.57 Å². The number of hydrogen-bond donors (Lipinski definition) is 2. The van der Waals surface area contributed by atoms with Crippen LogP contribution >= 0.6 is 22.6 Å². The predicted molar refractivity (Wildman–Crippen MR) is 110 cm³/mol. The van der Waals surface area contributed by atoms with E-state index >= 15 is 0 Å². The Labute approximate surface area is 170 Å². The lowest BCUT2D eigenvalue weighted by atomic mass is 10.2. The Morgan fingerprint density at radius 2 is 1.78 bits per heavy atom. The molecule has 2 aromatic rings. The number of ether oxygens (including phenoxy) is 2. The molecule has 0 atom stereocenters. The molecule has 140 valence electrons. The highest BCUT2D eigenvalue weighted by Crippen LogP contribution is 2.32.